The van der Waals surface area contributed by atoms with E-state index in [1.54, 1.807) is 29.0 Å². The number of hydrogen-bond acceptors (Lipinski definition) is 7. The first-order valence-corrected chi connectivity index (χ1v) is 13.7. The fraction of sp³-hybridized carbons (Fsp3) is 0.500. The lowest BCUT2D eigenvalue weighted by molar-refractivity contribution is 0.0659. The minimum absolute atomic E-state index is 0.0604. The third-order valence-corrected chi connectivity index (χ3v) is 7.14. The molecule has 1 aliphatic carbocycles. The van der Waals surface area contributed by atoms with Crippen LogP contribution in [0.25, 0.3) is 5.65 Å². The molecule has 38 heavy (non-hydrogen) atoms. The van der Waals surface area contributed by atoms with Crippen LogP contribution in [-0.4, -0.2) is 69.6 Å². The molecule has 1 saturated heterocycles. The van der Waals surface area contributed by atoms with Crippen molar-refractivity contribution in [2.45, 2.75) is 64.6 Å². The van der Waals surface area contributed by atoms with Gasteiger partial charge in [0.05, 0.1) is 18.0 Å². The highest BCUT2D eigenvalue weighted by Gasteiger charge is 2.34. The molecule has 10 nitrogen and oxygen atoms in total. The zero-order valence-corrected chi connectivity index (χ0v) is 22.2. The number of hydrogen-bond donors (Lipinski definition) is 3. The lowest BCUT2D eigenvalue weighted by atomic mass is 9.94. The van der Waals surface area contributed by atoms with Crippen molar-refractivity contribution in [1.82, 2.24) is 30.1 Å². The second-order valence-electron chi connectivity index (χ2n) is 10.3. The molecule has 0 bridgehead atoms. The lowest BCUT2D eigenvalue weighted by Gasteiger charge is -2.30. The summed E-state index contributed by atoms with van der Waals surface area (Å²) < 4.78 is 7.54. The van der Waals surface area contributed by atoms with Gasteiger partial charge in [0.1, 0.15) is 11.3 Å². The van der Waals surface area contributed by atoms with E-state index in [0.29, 0.717) is 40.8 Å². The van der Waals surface area contributed by atoms with E-state index in [1.165, 1.54) is 25.5 Å². The van der Waals surface area contributed by atoms with Crippen LogP contribution in [-0.2, 0) is 6.54 Å². The monoisotopic (exact) mass is 519 g/mol. The fourth-order valence-corrected chi connectivity index (χ4v) is 5.28. The third kappa shape index (κ3) is 5.81. The number of ether oxygens (including phenoxy) is 1. The number of aromatic nitrogens is 3. The first-order chi connectivity index (χ1) is 18.5. The first kappa shape index (κ1) is 26.1. The van der Waals surface area contributed by atoms with Gasteiger partial charge in [-0.2, -0.15) is 5.10 Å². The highest BCUT2D eigenvalue weighted by atomic mass is 16.5. The summed E-state index contributed by atoms with van der Waals surface area (Å²) >= 11 is 0. The fourth-order valence-electron chi connectivity index (χ4n) is 5.28. The molecule has 2 aliphatic heterocycles. The van der Waals surface area contributed by atoms with Crippen LogP contribution < -0.4 is 20.7 Å². The molecule has 2 aromatic heterocycles. The average molecular weight is 520 g/mol. The normalized spacial score (nSPS) is 17.8. The van der Waals surface area contributed by atoms with Gasteiger partial charge in [-0.25, -0.2) is 9.50 Å². The number of rotatable bonds is 5. The molecule has 0 unspecified atom stereocenters. The number of benzene rings is 1. The van der Waals surface area contributed by atoms with E-state index in [1.807, 2.05) is 24.8 Å². The summed E-state index contributed by atoms with van der Waals surface area (Å²) in [6.07, 6.45) is 10.5. The number of carbonyl (C=O) groups is 2. The van der Waals surface area contributed by atoms with Gasteiger partial charge in [-0.1, -0.05) is 19.3 Å². The number of carbonyl (C=O) groups excluding carboxylic acids is 2. The molecule has 4 heterocycles. The predicted molar refractivity (Wildman–Crippen MR) is 146 cm³/mol. The molecule has 202 valence electrons. The highest BCUT2D eigenvalue weighted by molar-refractivity contribution is 6.09. The van der Waals surface area contributed by atoms with Crippen molar-refractivity contribution in [2.24, 2.45) is 0 Å². The van der Waals surface area contributed by atoms with Crippen LogP contribution in [0.1, 0.15) is 72.2 Å². The van der Waals surface area contributed by atoms with Crippen LogP contribution in [0.3, 0.4) is 0 Å². The number of amides is 2. The summed E-state index contributed by atoms with van der Waals surface area (Å²) in [6.45, 7) is 8.97. The molecule has 3 N–H and O–H groups in total. The van der Waals surface area contributed by atoms with Crippen molar-refractivity contribution in [3.05, 3.63) is 53.5 Å². The number of nitrogens with one attached hydrogen (secondary N) is 3. The summed E-state index contributed by atoms with van der Waals surface area (Å²) in [5, 5.41) is 13.6. The molecule has 10 heteroatoms. The van der Waals surface area contributed by atoms with E-state index in [0.717, 1.165) is 44.6 Å². The highest BCUT2D eigenvalue weighted by Crippen LogP contribution is 2.37. The van der Waals surface area contributed by atoms with E-state index in [-0.39, 0.29) is 17.9 Å². The number of anilines is 1. The molecular weight excluding hydrogens is 482 g/mol. The molecule has 0 spiro atoms. The largest absolute Gasteiger partial charge is 0.489 e. The van der Waals surface area contributed by atoms with Gasteiger partial charge in [-0.15, -0.1) is 0 Å². The smallest absolute Gasteiger partial charge is 0.261 e. The van der Waals surface area contributed by atoms with E-state index < -0.39 is 0 Å². The second kappa shape index (κ2) is 11.9. The Balaban J connectivity index is 0.000000433. The van der Waals surface area contributed by atoms with E-state index >= 15 is 0 Å². The Labute approximate surface area is 223 Å². The minimum Gasteiger partial charge on any atom is -0.489 e. The van der Waals surface area contributed by atoms with E-state index in [2.05, 4.69) is 26.0 Å². The van der Waals surface area contributed by atoms with Crippen LogP contribution in [0.15, 0.2) is 36.8 Å². The SMILES string of the molecule is C1CNCCN1.CC(C)Oc1cc2c(cc1NC(=O)c1cnn3cccnc13)CN(C1CCCCC1)C2=O. The maximum absolute atomic E-state index is 13.2. The van der Waals surface area contributed by atoms with E-state index in [9.17, 15) is 9.59 Å². The summed E-state index contributed by atoms with van der Waals surface area (Å²) in [6, 6.07) is 5.71. The van der Waals surface area contributed by atoms with Gasteiger partial charge < -0.3 is 25.6 Å². The van der Waals surface area contributed by atoms with Crippen molar-refractivity contribution in [3.8, 4) is 5.75 Å². The van der Waals surface area contributed by atoms with Crippen molar-refractivity contribution < 1.29 is 14.3 Å². The van der Waals surface area contributed by atoms with Gasteiger partial charge in [0.15, 0.2) is 5.65 Å². The summed E-state index contributed by atoms with van der Waals surface area (Å²) in [5.74, 6) is 0.237. The third-order valence-electron chi connectivity index (χ3n) is 7.14. The molecule has 1 aromatic carbocycles. The van der Waals surface area contributed by atoms with Crippen molar-refractivity contribution in [2.75, 3.05) is 31.5 Å². The van der Waals surface area contributed by atoms with Crippen LogP contribution in [0.2, 0.25) is 0 Å². The van der Waals surface area contributed by atoms with Crippen molar-refractivity contribution in [3.63, 3.8) is 0 Å². The van der Waals surface area contributed by atoms with Gasteiger partial charge in [0.25, 0.3) is 11.8 Å². The first-order valence-electron chi connectivity index (χ1n) is 13.7. The topological polar surface area (TPSA) is 113 Å². The summed E-state index contributed by atoms with van der Waals surface area (Å²) in [7, 11) is 0. The molecule has 6 rings (SSSR count). The molecule has 0 atom stereocenters. The Bertz CT molecular complexity index is 1270. The predicted octanol–water partition coefficient (Wildman–Crippen LogP) is 3.24. The second-order valence-corrected chi connectivity index (χ2v) is 10.3. The maximum atomic E-state index is 13.2. The molecule has 2 amide bonds. The zero-order valence-electron chi connectivity index (χ0n) is 22.2. The van der Waals surface area contributed by atoms with Gasteiger partial charge in [0, 0.05) is 56.7 Å². The van der Waals surface area contributed by atoms with Crippen LogP contribution in [0, 0.1) is 0 Å². The molecule has 0 radical (unpaired) electrons. The van der Waals surface area contributed by atoms with Crippen LogP contribution in [0.4, 0.5) is 5.69 Å². The Hall–Kier alpha value is -3.50. The van der Waals surface area contributed by atoms with Crippen molar-refractivity contribution >= 4 is 23.1 Å². The van der Waals surface area contributed by atoms with Gasteiger partial charge in [-0.3, -0.25) is 9.59 Å². The molecule has 1 saturated carbocycles. The van der Waals surface area contributed by atoms with Gasteiger partial charge in [0.2, 0.25) is 0 Å². The zero-order chi connectivity index (χ0) is 26.5. The van der Waals surface area contributed by atoms with Crippen LogP contribution in [0.5, 0.6) is 5.75 Å². The summed E-state index contributed by atoms with van der Waals surface area (Å²) in [4.78, 5) is 32.5. The molecular formula is C28H37N7O3. The van der Waals surface area contributed by atoms with Crippen molar-refractivity contribution in [1.29, 1.82) is 0 Å². The number of nitrogens with zero attached hydrogens (tertiary/aromatic N) is 4. The molecule has 3 aliphatic rings. The van der Waals surface area contributed by atoms with Crippen LogP contribution >= 0.6 is 0 Å². The Kier molecular flexibility index (Phi) is 8.19. The van der Waals surface area contributed by atoms with E-state index in [4.69, 9.17) is 4.74 Å². The minimum atomic E-state index is -0.319. The maximum Gasteiger partial charge on any atom is 0.261 e. The molecule has 3 aromatic rings. The average Bonchev–Trinajstić information content (AvgIpc) is 3.52. The Morgan fingerprint density at radius 2 is 1.84 bits per heavy atom. The number of piperazine rings is 1. The number of fused-ring (bicyclic) bond motifs is 2. The van der Waals surface area contributed by atoms with Gasteiger partial charge >= 0.3 is 0 Å². The Morgan fingerprint density at radius 1 is 1.11 bits per heavy atom. The Morgan fingerprint density at radius 3 is 2.53 bits per heavy atom. The standard InChI is InChI=1S/C24H27N5O3.C4H10N2/c1-15(2)32-21-12-18-16(14-28(24(18)31)17-7-4-3-5-8-17)11-20(21)27-23(30)19-13-26-29-10-6-9-25-22(19)29;1-2-6-4-3-5-1/h6,9-13,15,17H,3-5,7-8,14H2,1-2H3,(H,27,30);5-6H,1-4H2. The quantitative estimate of drug-likeness (QED) is 0.474. The lowest BCUT2D eigenvalue weighted by Crippen LogP contribution is -2.39. The van der Waals surface area contributed by atoms with Gasteiger partial charge in [-0.05, 0) is 50.5 Å². The molecule has 2 fully saturated rings. The summed E-state index contributed by atoms with van der Waals surface area (Å²) in [5.41, 5.74) is 3.00.